The molecule has 0 spiro atoms. The van der Waals surface area contributed by atoms with Crippen molar-refractivity contribution in [3.8, 4) is 0 Å². The Morgan fingerprint density at radius 1 is 1.44 bits per heavy atom. The summed E-state index contributed by atoms with van der Waals surface area (Å²) >= 11 is 0. The molecule has 0 aromatic carbocycles. The van der Waals surface area contributed by atoms with E-state index >= 15 is 0 Å². The number of hydrogen-bond donors (Lipinski definition) is 0. The average molecular weight is 131 g/mol. The number of carbonyl (C=O) groups is 2. The van der Waals surface area contributed by atoms with Gasteiger partial charge in [-0.3, -0.25) is 4.79 Å². The van der Waals surface area contributed by atoms with Gasteiger partial charge in [0.05, 0.1) is 0 Å². The van der Waals surface area contributed by atoms with Crippen molar-refractivity contribution < 1.29 is 19.4 Å². The molecule has 51 valence electrons. The van der Waals surface area contributed by atoms with Gasteiger partial charge in [0.15, 0.2) is 6.61 Å². The third-order valence-corrected chi connectivity index (χ3v) is 0.640. The number of esters is 1. The van der Waals surface area contributed by atoms with Crippen molar-refractivity contribution in [2.24, 2.45) is 0 Å². The summed E-state index contributed by atoms with van der Waals surface area (Å²) in [5.74, 6) is -1.91. The summed E-state index contributed by atoms with van der Waals surface area (Å²) in [6.45, 7) is 0.935. The van der Waals surface area contributed by atoms with Crippen LogP contribution >= 0.6 is 0 Å². The van der Waals surface area contributed by atoms with Crippen molar-refractivity contribution in [2.75, 3.05) is 6.61 Å². The van der Waals surface area contributed by atoms with Crippen LogP contribution in [0.15, 0.2) is 0 Å². The highest BCUT2D eigenvalue weighted by atomic mass is 16.5. The fourth-order valence-corrected chi connectivity index (χ4v) is 0.241. The molecule has 0 aliphatic heterocycles. The summed E-state index contributed by atoms with van der Waals surface area (Å²) in [6, 6.07) is 0. The van der Waals surface area contributed by atoms with Crippen molar-refractivity contribution in [3.63, 3.8) is 0 Å². The minimum atomic E-state index is -1.38. The summed E-state index contributed by atoms with van der Waals surface area (Å²) < 4.78 is 4.15. The van der Waals surface area contributed by atoms with Crippen molar-refractivity contribution >= 4 is 11.9 Å². The SMILES string of the molecule is CCC(=O)OCC([O])=O. The Kier molecular flexibility index (Phi) is 3.43. The van der Waals surface area contributed by atoms with Gasteiger partial charge < -0.3 is 4.74 Å². The van der Waals surface area contributed by atoms with Gasteiger partial charge in [-0.15, -0.1) is 0 Å². The van der Waals surface area contributed by atoms with Crippen molar-refractivity contribution in [1.82, 2.24) is 0 Å². The maximum absolute atomic E-state index is 10.2. The lowest BCUT2D eigenvalue weighted by atomic mass is 10.5. The van der Waals surface area contributed by atoms with E-state index in [0.717, 1.165) is 0 Å². The maximum Gasteiger partial charge on any atom is 0.392 e. The monoisotopic (exact) mass is 131 g/mol. The smallest absolute Gasteiger partial charge is 0.392 e. The van der Waals surface area contributed by atoms with E-state index in [-0.39, 0.29) is 6.42 Å². The van der Waals surface area contributed by atoms with E-state index in [0.29, 0.717) is 0 Å². The second-order valence-electron chi connectivity index (χ2n) is 1.39. The summed E-state index contributed by atoms with van der Waals surface area (Å²) in [7, 11) is 0. The van der Waals surface area contributed by atoms with Gasteiger partial charge in [0.25, 0.3) is 0 Å². The highest BCUT2D eigenvalue weighted by Gasteiger charge is 2.02. The van der Waals surface area contributed by atoms with Crippen molar-refractivity contribution in [3.05, 3.63) is 0 Å². The molecule has 4 nitrogen and oxygen atoms in total. The van der Waals surface area contributed by atoms with Crippen molar-refractivity contribution in [1.29, 1.82) is 0 Å². The molecule has 4 heteroatoms. The first-order chi connectivity index (χ1) is 4.16. The zero-order valence-corrected chi connectivity index (χ0v) is 5.05. The third kappa shape index (κ3) is 4.80. The van der Waals surface area contributed by atoms with E-state index in [1.807, 2.05) is 0 Å². The van der Waals surface area contributed by atoms with Crippen LogP contribution in [0, 0.1) is 0 Å². The highest BCUT2D eigenvalue weighted by molar-refractivity contribution is 5.74. The molecular formula is C5H7O4. The zero-order chi connectivity index (χ0) is 7.28. The van der Waals surface area contributed by atoms with Gasteiger partial charge in [0.2, 0.25) is 0 Å². The molecule has 1 radical (unpaired) electrons. The Balaban J connectivity index is 3.28. The van der Waals surface area contributed by atoms with Crippen LogP contribution in [0.4, 0.5) is 0 Å². The molecule has 0 unspecified atom stereocenters. The van der Waals surface area contributed by atoms with Gasteiger partial charge >= 0.3 is 11.9 Å². The van der Waals surface area contributed by atoms with Gasteiger partial charge in [0.1, 0.15) is 0 Å². The zero-order valence-electron chi connectivity index (χ0n) is 5.05. The second-order valence-corrected chi connectivity index (χ2v) is 1.39. The van der Waals surface area contributed by atoms with E-state index in [9.17, 15) is 14.7 Å². The first kappa shape index (κ1) is 7.94. The molecule has 0 aliphatic carbocycles. The number of carbonyl (C=O) groups excluding carboxylic acids is 2. The largest absolute Gasteiger partial charge is 0.453 e. The van der Waals surface area contributed by atoms with E-state index < -0.39 is 18.5 Å². The maximum atomic E-state index is 10.2. The van der Waals surface area contributed by atoms with Gasteiger partial charge in [-0.1, -0.05) is 6.92 Å². The minimum Gasteiger partial charge on any atom is -0.453 e. The van der Waals surface area contributed by atoms with Gasteiger partial charge in [-0.05, 0) is 0 Å². The van der Waals surface area contributed by atoms with E-state index in [4.69, 9.17) is 0 Å². The summed E-state index contributed by atoms with van der Waals surface area (Å²) in [5, 5.41) is 9.63. The van der Waals surface area contributed by atoms with E-state index in [2.05, 4.69) is 4.74 Å². The van der Waals surface area contributed by atoms with Gasteiger partial charge in [-0.2, -0.15) is 0 Å². The summed E-state index contributed by atoms with van der Waals surface area (Å²) in [6.07, 6.45) is 0.188. The molecule has 0 fully saturated rings. The Bertz CT molecular complexity index is 118. The molecule has 0 N–H and O–H groups in total. The molecule has 0 saturated carbocycles. The van der Waals surface area contributed by atoms with Crippen LogP contribution in [-0.2, 0) is 19.4 Å². The number of ether oxygens (including phenoxy) is 1. The summed E-state index contributed by atoms with van der Waals surface area (Å²) in [5.41, 5.74) is 0. The fourth-order valence-electron chi connectivity index (χ4n) is 0.241. The minimum absolute atomic E-state index is 0.188. The van der Waals surface area contributed by atoms with Crippen LogP contribution in [0.3, 0.4) is 0 Å². The Morgan fingerprint density at radius 2 is 2.00 bits per heavy atom. The predicted molar refractivity (Wildman–Crippen MR) is 26.9 cm³/mol. The quantitative estimate of drug-likeness (QED) is 0.502. The molecule has 0 aromatic rings. The number of hydrogen-bond acceptors (Lipinski definition) is 3. The third-order valence-electron chi connectivity index (χ3n) is 0.640. The molecule has 0 atom stereocenters. The predicted octanol–water partition coefficient (Wildman–Crippen LogP) is -0.103. The molecule has 0 amide bonds. The Labute approximate surface area is 52.4 Å². The highest BCUT2D eigenvalue weighted by Crippen LogP contribution is 1.82. The fraction of sp³-hybridized carbons (Fsp3) is 0.600. The second kappa shape index (κ2) is 3.88. The molecule has 9 heavy (non-hydrogen) atoms. The van der Waals surface area contributed by atoms with Crippen LogP contribution < -0.4 is 0 Å². The van der Waals surface area contributed by atoms with Gasteiger partial charge in [-0.25, -0.2) is 9.90 Å². The molecule has 0 aliphatic rings. The lowest BCUT2D eigenvalue weighted by Crippen LogP contribution is -2.10. The number of rotatable bonds is 3. The molecular weight excluding hydrogens is 124 g/mol. The molecule has 0 rings (SSSR count). The van der Waals surface area contributed by atoms with E-state index in [1.165, 1.54) is 0 Å². The lowest BCUT2D eigenvalue weighted by Gasteiger charge is -1.94. The van der Waals surface area contributed by atoms with Crippen LogP contribution in [-0.4, -0.2) is 18.5 Å². The molecule has 0 saturated heterocycles. The van der Waals surface area contributed by atoms with E-state index in [1.54, 1.807) is 6.92 Å². The topological polar surface area (TPSA) is 63.3 Å². The molecule has 0 bridgehead atoms. The normalized spacial score (nSPS) is 8.56. The first-order valence-electron chi connectivity index (χ1n) is 2.52. The average Bonchev–Trinajstić information content (AvgIpc) is 1.83. The van der Waals surface area contributed by atoms with Crippen LogP contribution in [0.5, 0.6) is 0 Å². The summed E-state index contributed by atoms with van der Waals surface area (Å²) in [4.78, 5) is 19.8. The van der Waals surface area contributed by atoms with Crippen LogP contribution in [0.1, 0.15) is 13.3 Å². The Morgan fingerprint density at radius 3 is 2.33 bits per heavy atom. The first-order valence-corrected chi connectivity index (χ1v) is 2.52. The Hall–Kier alpha value is -1.06. The van der Waals surface area contributed by atoms with Crippen LogP contribution in [0.2, 0.25) is 0 Å². The lowest BCUT2D eigenvalue weighted by molar-refractivity contribution is -0.158. The van der Waals surface area contributed by atoms with Crippen LogP contribution in [0.25, 0.3) is 0 Å². The standard InChI is InChI=1S/C5H7O4/c1-2-5(8)9-3-4(6)7/h2-3H2,1H3. The van der Waals surface area contributed by atoms with Crippen molar-refractivity contribution in [2.45, 2.75) is 13.3 Å². The van der Waals surface area contributed by atoms with Gasteiger partial charge in [0, 0.05) is 6.42 Å². The molecule has 0 heterocycles. The molecule has 0 aromatic heterocycles.